The largest absolute Gasteiger partial charge is 0.355 e. The molecule has 0 bridgehead atoms. The summed E-state index contributed by atoms with van der Waals surface area (Å²) in [6.07, 6.45) is 2.66. The smallest absolute Gasteiger partial charge is 0.233 e. The Bertz CT molecular complexity index is 190. The van der Waals surface area contributed by atoms with Crippen molar-refractivity contribution >= 4 is 5.91 Å². The van der Waals surface area contributed by atoms with Gasteiger partial charge < -0.3 is 15.5 Å². The van der Waals surface area contributed by atoms with E-state index >= 15 is 0 Å². The Labute approximate surface area is 92.4 Å². The molecule has 1 unspecified atom stereocenters. The van der Waals surface area contributed by atoms with Gasteiger partial charge in [-0.3, -0.25) is 4.79 Å². The summed E-state index contributed by atoms with van der Waals surface area (Å²) >= 11 is 0. The molecule has 2 N–H and O–H groups in total. The van der Waals surface area contributed by atoms with E-state index in [1.54, 1.807) is 7.05 Å². The number of nitrogens with one attached hydrogen (secondary N) is 2. The normalized spacial score (nSPS) is 19.1. The van der Waals surface area contributed by atoms with Crippen molar-refractivity contribution in [2.24, 2.45) is 5.92 Å². The van der Waals surface area contributed by atoms with Gasteiger partial charge >= 0.3 is 0 Å². The number of hydrogen-bond acceptors (Lipinski definition) is 3. The van der Waals surface area contributed by atoms with Gasteiger partial charge in [0.25, 0.3) is 0 Å². The Morgan fingerprint density at radius 1 is 1.40 bits per heavy atom. The monoisotopic (exact) mass is 213 g/mol. The van der Waals surface area contributed by atoms with E-state index < -0.39 is 0 Å². The lowest BCUT2D eigenvalue weighted by atomic mass is 10.1. The van der Waals surface area contributed by atoms with E-state index in [1.807, 2.05) is 0 Å². The maximum Gasteiger partial charge on any atom is 0.233 e. The number of nitrogens with zero attached hydrogens (tertiary/aromatic N) is 1. The molecule has 1 aliphatic heterocycles. The van der Waals surface area contributed by atoms with Crippen LogP contribution >= 0.6 is 0 Å². The summed E-state index contributed by atoms with van der Waals surface area (Å²) in [6, 6.07) is 0. The van der Waals surface area contributed by atoms with Crippen LogP contribution in [0.4, 0.5) is 0 Å². The summed E-state index contributed by atoms with van der Waals surface area (Å²) in [6.45, 7) is 6.97. The summed E-state index contributed by atoms with van der Waals surface area (Å²) in [5, 5.41) is 5.77. The fraction of sp³-hybridized carbons (Fsp3) is 0.909. The molecular weight excluding hydrogens is 190 g/mol. The van der Waals surface area contributed by atoms with Crippen LogP contribution < -0.4 is 10.6 Å². The third-order valence-corrected chi connectivity index (χ3v) is 2.75. The van der Waals surface area contributed by atoms with Crippen molar-refractivity contribution < 1.29 is 4.79 Å². The third kappa shape index (κ3) is 5.14. The molecule has 0 aromatic heterocycles. The van der Waals surface area contributed by atoms with Gasteiger partial charge in [0.2, 0.25) is 5.91 Å². The van der Waals surface area contributed by atoms with E-state index in [-0.39, 0.29) is 5.91 Å². The second-order valence-electron chi connectivity index (χ2n) is 4.45. The van der Waals surface area contributed by atoms with Crippen LogP contribution in [0.3, 0.4) is 0 Å². The Kier molecular flexibility index (Phi) is 5.65. The van der Waals surface area contributed by atoms with Gasteiger partial charge in [-0.1, -0.05) is 6.92 Å². The number of amides is 1. The average Bonchev–Trinajstić information content (AvgIpc) is 2.68. The fourth-order valence-electron chi connectivity index (χ4n) is 1.98. The zero-order chi connectivity index (χ0) is 11.1. The van der Waals surface area contributed by atoms with E-state index in [1.165, 1.54) is 25.9 Å². The quantitative estimate of drug-likeness (QED) is 0.655. The highest BCUT2D eigenvalue weighted by molar-refractivity contribution is 5.77. The highest BCUT2D eigenvalue weighted by Crippen LogP contribution is 2.09. The average molecular weight is 213 g/mol. The van der Waals surface area contributed by atoms with Crippen molar-refractivity contribution in [1.82, 2.24) is 15.5 Å². The van der Waals surface area contributed by atoms with E-state index in [9.17, 15) is 4.79 Å². The molecular formula is C11H23N3O. The molecule has 0 aliphatic carbocycles. The summed E-state index contributed by atoms with van der Waals surface area (Å²) in [7, 11) is 1.78. The minimum atomic E-state index is 0.0887. The Balaban J connectivity index is 2.07. The SMILES string of the molecule is CNCC(=O)NCC(C)CN1CCCC1. The summed E-state index contributed by atoms with van der Waals surface area (Å²) in [5.74, 6) is 0.634. The van der Waals surface area contributed by atoms with Crippen molar-refractivity contribution in [3.8, 4) is 0 Å². The van der Waals surface area contributed by atoms with E-state index in [0.29, 0.717) is 12.5 Å². The molecule has 1 heterocycles. The maximum atomic E-state index is 11.2. The van der Waals surface area contributed by atoms with Gasteiger partial charge in [-0.05, 0) is 38.9 Å². The molecule has 1 amide bonds. The highest BCUT2D eigenvalue weighted by Gasteiger charge is 2.14. The molecule has 0 aromatic carbocycles. The van der Waals surface area contributed by atoms with Crippen LogP contribution in [0, 0.1) is 5.92 Å². The number of carbonyl (C=O) groups is 1. The molecule has 1 aliphatic rings. The molecule has 0 aromatic rings. The van der Waals surface area contributed by atoms with Gasteiger partial charge in [0, 0.05) is 13.1 Å². The van der Waals surface area contributed by atoms with Crippen LogP contribution in [0.5, 0.6) is 0 Å². The first-order valence-electron chi connectivity index (χ1n) is 5.86. The van der Waals surface area contributed by atoms with Crippen LogP contribution in [0.25, 0.3) is 0 Å². The van der Waals surface area contributed by atoms with E-state index in [0.717, 1.165) is 13.1 Å². The molecule has 0 spiro atoms. The number of carbonyl (C=O) groups excluding carboxylic acids is 1. The van der Waals surface area contributed by atoms with Crippen molar-refractivity contribution in [1.29, 1.82) is 0 Å². The number of hydrogen-bond donors (Lipinski definition) is 2. The molecule has 0 radical (unpaired) electrons. The zero-order valence-corrected chi connectivity index (χ0v) is 9.88. The van der Waals surface area contributed by atoms with Gasteiger partial charge in [-0.15, -0.1) is 0 Å². The van der Waals surface area contributed by atoms with Crippen LogP contribution in [-0.2, 0) is 4.79 Å². The van der Waals surface area contributed by atoms with Gasteiger partial charge in [0.1, 0.15) is 0 Å². The highest BCUT2D eigenvalue weighted by atomic mass is 16.1. The number of likely N-dealkylation sites (tertiary alicyclic amines) is 1. The van der Waals surface area contributed by atoms with Gasteiger partial charge in [-0.25, -0.2) is 0 Å². The van der Waals surface area contributed by atoms with E-state index in [2.05, 4.69) is 22.5 Å². The van der Waals surface area contributed by atoms with Crippen LogP contribution in [0.15, 0.2) is 0 Å². The van der Waals surface area contributed by atoms with Crippen molar-refractivity contribution in [2.75, 3.05) is 39.8 Å². The minimum absolute atomic E-state index is 0.0887. The lowest BCUT2D eigenvalue weighted by Crippen LogP contribution is -2.37. The first-order valence-corrected chi connectivity index (χ1v) is 5.86. The van der Waals surface area contributed by atoms with Gasteiger partial charge in [0.05, 0.1) is 6.54 Å². The van der Waals surface area contributed by atoms with Crippen molar-refractivity contribution in [3.05, 3.63) is 0 Å². The van der Waals surface area contributed by atoms with Gasteiger partial charge in [-0.2, -0.15) is 0 Å². The van der Waals surface area contributed by atoms with Crippen LogP contribution in [-0.4, -0.2) is 50.6 Å². The van der Waals surface area contributed by atoms with Crippen molar-refractivity contribution in [2.45, 2.75) is 19.8 Å². The molecule has 1 atom stereocenters. The number of likely N-dealkylation sites (N-methyl/N-ethyl adjacent to an activating group) is 1. The topological polar surface area (TPSA) is 44.4 Å². The predicted octanol–water partition coefficient (Wildman–Crippen LogP) is 0.0539. The maximum absolute atomic E-state index is 11.2. The lowest BCUT2D eigenvalue weighted by Gasteiger charge is -2.20. The summed E-state index contributed by atoms with van der Waals surface area (Å²) in [5.41, 5.74) is 0. The van der Waals surface area contributed by atoms with E-state index in [4.69, 9.17) is 0 Å². The first kappa shape index (κ1) is 12.5. The predicted molar refractivity (Wildman–Crippen MR) is 61.8 cm³/mol. The standard InChI is InChI=1S/C11H23N3O/c1-10(7-13-11(15)8-12-2)9-14-5-3-4-6-14/h10,12H,3-9H2,1-2H3,(H,13,15). The third-order valence-electron chi connectivity index (χ3n) is 2.75. The second-order valence-corrected chi connectivity index (χ2v) is 4.45. The molecule has 1 saturated heterocycles. The molecule has 88 valence electrons. The molecule has 1 fully saturated rings. The van der Waals surface area contributed by atoms with Crippen LogP contribution in [0.1, 0.15) is 19.8 Å². The first-order chi connectivity index (χ1) is 7.22. The fourth-order valence-corrected chi connectivity index (χ4v) is 1.98. The van der Waals surface area contributed by atoms with Gasteiger partial charge in [0.15, 0.2) is 0 Å². The Morgan fingerprint density at radius 3 is 2.67 bits per heavy atom. The Morgan fingerprint density at radius 2 is 2.07 bits per heavy atom. The summed E-state index contributed by atoms with van der Waals surface area (Å²) < 4.78 is 0. The molecule has 4 heteroatoms. The summed E-state index contributed by atoms with van der Waals surface area (Å²) in [4.78, 5) is 13.7. The van der Waals surface area contributed by atoms with Crippen LogP contribution in [0.2, 0.25) is 0 Å². The second kappa shape index (κ2) is 6.80. The molecule has 0 saturated carbocycles. The molecule has 15 heavy (non-hydrogen) atoms. The zero-order valence-electron chi connectivity index (χ0n) is 9.88. The molecule has 4 nitrogen and oxygen atoms in total. The number of rotatable bonds is 6. The lowest BCUT2D eigenvalue weighted by molar-refractivity contribution is -0.120. The Hall–Kier alpha value is -0.610. The molecule has 1 rings (SSSR count). The minimum Gasteiger partial charge on any atom is -0.355 e. The van der Waals surface area contributed by atoms with Crippen molar-refractivity contribution in [3.63, 3.8) is 0 Å².